The van der Waals surface area contributed by atoms with Crippen LogP contribution in [-0.4, -0.2) is 23.4 Å². The Morgan fingerprint density at radius 2 is 1.84 bits per heavy atom. The number of benzene rings is 1. The molecule has 0 heterocycles. The third kappa shape index (κ3) is 5.55. The van der Waals surface area contributed by atoms with Crippen LogP contribution in [0.5, 0.6) is 0 Å². The van der Waals surface area contributed by atoms with Crippen molar-refractivity contribution in [1.82, 2.24) is 5.32 Å². The maximum atomic E-state index is 11.9. The normalized spacial score (nSPS) is 11.3. The Balaban J connectivity index is 2.36. The lowest BCUT2D eigenvalue weighted by atomic mass is 10.1. The fraction of sp³-hybridized carbons (Fsp3) is 0.467. The van der Waals surface area contributed by atoms with Crippen LogP contribution in [0.15, 0.2) is 35.5 Å². The smallest absolute Gasteiger partial charge is 0.273 e. The van der Waals surface area contributed by atoms with Gasteiger partial charge in [0.25, 0.3) is 5.91 Å². The number of nitrogens with one attached hydrogen (secondary N) is 1. The molecule has 0 aliphatic rings. The lowest BCUT2D eigenvalue weighted by molar-refractivity contribution is -0.114. The molecule has 0 spiro atoms. The minimum atomic E-state index is -0.329. The van der Waals surface area contributed by atoms with Crippen LogP contribution in [-0.2, 0) is 4.79 Å². The minimum absolute atomic E-state index is 0.0640. The van der Waals surface area contributed by atoms with Gasteiger partial charge >= 0.3 is 0 Å². The topological polar surface area (TPSA) is 61.7 Å². The summed E-state index contributed by atoms with van der Waals surface area (Å²) in [7, 11) is 0. The zero-order valence-electron chi connectivity index (χ0n) is 11.4. The first-order valence-corrected chi connectivity index (χ1v) is 6.85. The molecule has 0 aliphatic carbocycles. The predicted molar refractivity (Wildman–Crippen MR) is 76.5 cm³/mol. The third-order valence-corrected chi connectivity index (χ3v) is 2.93. The molecule has 0 saturated heterocycles. The zero-order valence-corrected chi connectivity index (χ0v) is 11.4. The van der Waals surface area contributed by atoms with Crippen molar-refractivity contribution in [2.75, 3.05) is 6.54 Å². The molecule has 0 radical (unpaired) electrons. The fourth-order valence-corrected chi connectivity index (χ4v) is 1.84. The molecular formula is C15H22N2O2. The highest BCUT2D eigenvalue weighted by Gasteiger charge is 2.13. The Kier molecular flexibility index (Phi) is 7.32. The molecule has 0 unspecified atom stereocenters. The molecule has 1 aromatic rings. The van der Waals surface area contributed by atoms with Gasteiger partial charge in [0.1, 0.15) is 0 Å². The number of rotatable bonds is 8. The van der Waals surface area contributed by atoms with Gasteiger partial charge in [-0.1, -0.05) is 68.1 Å². The Bertz CT molecular complexity index is 402. The van der Waals surface area contributed by atoms with Gasteiger partial charge < -0.3 is 10.5 Å². The average Bonchev–Trinajstić information content (AvgIpc) is 2.45. The zero-order chi connectivity index (χ0) is 13.9. The number of hydrogen-bond acceptors (Lipinski definition) is 3. The summed E-state index contributed by atoms with van der Waals surface area (Å²) < 4.78 is 0. The van der Waals surface area contributed by atoms with Gasteiger partial charge in [0.05, 0.1) is 0 Å². The first kappa shape index (κ1) is 15.2. The van der Waals surface area contributed by atoms with Crippen molar-refractivity contribution in [3.05, 3.63) is 35.9 Å². The van der Waals surface area contributed by atoms with E-state index in [2.05, 4.69) is 17.4 Å². The lowest BCUT2D eigenvalue weighted by Gasteiger charge is -2.06. The van der Waals surface area contributed by atoms with Gasteiger partial charge in [-0.05, 0) is 6.42 Å². The summed E-state index contributed by atoms with van der Waals surface area (Å²) >= 11 is 0. The Morgan fingerprint density at radius 1 is 1.16 bits per heavy atom. The molecule has 0 aliphatic heterocycles. The van der Waals surface area contributed by atoms with E-state index in [9.17, 15) is 4.79 Å². The number of nitrogens with zero attached hydrogens (tertiary/aromatic N) is 1. The number of carbonyl (C=O) groups excluding carboxylic acids is 1. The maximum Gasteiger partial charge on any atom is 0.273 e. The summed E-state index contributed by atoms with van der Waals surface area (Å²) in [6, 6.07) is 8.95. The van der Waals surface area contributed by atoms with Crippen LogP contribution < -0.4 is 5.32 Å². The quantitative estimate of drug-likeness (QED) is 0.327. The first-order valence-electron chi connectivity index (χ1n) is 6.85. The van der Waals surface area contributed by atoms with Crippen molar-refractivity contribution in [3.63, 3.8) is 0 Å². The summed E-state index contributed by atoms with van der Waals surface area (Å²) in [4.78, 5) is 11.9. The van der Waals surface area contributed by atoms with E-state index in [-0.39, 0.29) is 11.6 Å². The molecule has 1 rings (SSSR count). The second-order valence-corrected chi connectivity index (χ2v) is 4.48. The van der Waals surface area contributed by atoms with Gasteiger partial charge in [-0.15, -0.1) is 0 Å². The van der Waals surface area contributed by atoms with E-state index < -0.39 is 0 Å². The first-order chi connectivity index (χ1) is 9.29. The maximum absolute atomic E-state index is 11.9. The van der Waals surface area contributed by atoms with Crippen LogP contribution in [0.1, 0.15) is 44.6 Å². The monoisotopic (exact) mass is 262 g/mol. The molecule has 104 valence electrons. The van der Waals surface area contributed by atoms with E-state index in [1.807, 2.05) is 6.07 Å². The number of carbonyl (C=O) groups is 1. The van der Waals surface area contributed by atoms with E-state index in [1.54, 1.807) is 24.3 Å². The van der Waals surface area contributed by atoms with Crippen molar-refractivity contribution in [3.8, 4) is 0 Å². The van der Waals surface area contributed by atoms with Crippen molar-refractivity contribution < 1.29 is 10.0 Å². The van der Waals surface area contributed by atoms with Crippen LogP contribution in [0.2, 0.25) is 0 Å². The van der Waals surface area contributed by atoms with E-state index >= 15 is 0 Å². The van der Waals surface area contributed by atoms with Crippen LogP contribution >= 0.6 is 0 Å². The third-order valence-electron chi connectivity index (χ3n) is 2.93. The van der Waals surface area contributed by atoms with Gasteiger partial charge in [-0.25, -0.2) is 0 Å². The summed E-state index contributed by atoms with van der Waals surface area (Å²) in [6.07, 6.45) is 5.72. The van der Waals surface area contributed by atoms with Gasteiger partial charge in [0.15, 0.2) is 5.71 Å². The minimum Gasteiger partial charge on any atom is -0.410 e. The number of amides is 1. The van der Waals surface area contributed by atoms with E-state index in [0.29, 0.717) is 12.1 Å². The average molecular weight is 262 g/mol. The number of oxime groups is 1. The van der Waals surface area contributed by atoms with Crippen LogP contribution in [0.4, 0.5) is 0 Å². The Hall–Kier alpha value is -1.84. The van der Waals surface area contributed by atoms with Crippen LogP contribution in [0.3, 0.4) is 0 Å². The van der Waals surface area contributed by atoms with Gasteiger partial charge in [0, 0.05) is 12.1 Å². The summed E-state index contributed by atoms with van der Waals surface area (Å²) in [6.45, 7) is 2.79. The molecule has 0 bridgehead atoms. The molecular weight excluding hydrogens is 240 g/mol. The van der Waals surface area contributed by atoms with E-state index in [4.69, 9.17) is 5.21 Å². The van der Waals surface area contributed by atoms with Gasteiger partial charge in [-0.3, -0.25) is 4.79 Å². The molecule has 0 atom stereocenters. The molecule has 19 heavy (non-hydrogen) atoms. The number of unbranched alkanes of at least 4 members (excludes halogenated alkanes) is 4. The summed E-state index contributed by atoms with van der Waals surface area (Å²) in [5, 5.41) is 14.8. The van der Waals surface area contributed by atoms with Crippen molar-refractivity contribution >= 4 is 11.6 Å². The molecule has 0 fully saturated rings. The highest BCUT2D eigenvalue weighted by atomic mass is 16.4. The second kappa shape index (κ2) is 9.14. The van der Waals surface area contributed by atoms with Crippen molar-refractivity contribution in [1.29, 1.82) is 0 Å². The molecule has 4 heteroatoms. The molecule has 1 aromatic carbocycles. The second-order valence-electron chi connectivity index (χ2n) is 4.48. The molecule has 4 nitrogen and oxygen atoms in total. The van der Waals surface area contributed by atoms with Crippen LogP contribution in [0, 0.1) is 0 Å². The molecule has 0 aromatic heterocycles. The summed E-state index contributed by atoms with van der Waals surface area (Å²) in [5.41, 5.74) is 0.683. The van der Waals surface area contributed by atoms with Gasteiger partial charge in [0.2, 0.25) is 0 Å². The Labute approximate surface area is 114 Å². The SMILES string of the molecule is CCCCCCCNC(=O)/C(=N/O)c1ccccc1. The highest BCUT2D eigenvalue weighted by molar-refractivity contribution is 6.45. The largest absolute Gasteiger partial charge is 0.410 e. The summed E-state index contributed by atoms with van der Waals surface area (Å²) in [5.74, 6) is -0.329. The van der Waals surface area contributed by atoms with Crippen molar-refractivity contribution in [2.24, 2.45) is 5.16 Å². The predicted octanol–water partition coefficient (Wildman–Crippen LogP) is 2.95. The standard InChI is InChI=1S/C15H22N2O2/c1-2-3-4-5-9-12-16-15(18)14(17-19)13-10-7-6-8-11-13/h6-8,10-11,19H,2-5,9,12H2,1H3,(H,16,18)/b17-14+. The fourth-order valence-electron chi connectivity index (χ4n) is 1.84. The number of hydrogen-bond donors (Lipinski definition) is 2. The van der Waals surface area contributed by atoms with Gasteiger partial charge in [-0.2, -0.15) is 0 Å². The molecule has 2 N–H and O–H groups in total. The van der Waals surface area contributed by atoms with E-state index in [1.165, 1.54) is 19.3 Å². The highest BCUT2D eigenvalue weighted by Crippen LogP contribution is 2.03. The van der Waals surface area contributed by atoms with Crippen molar-refractivity contribution in [2.45, 2.75) is 39.0 Å². The molecule has 1 amide bonds. The Morgan fingerprint density at radius 3 is 2.47 bits per heavy atom. The van der Waals surface area contributed by atoms with E-state index in [0.717, 1.165) is 12.8 Å². The molecule has 0 saturated carbocycles. The van der Waals surface area contributed by atoms with Crippen LogP contribution in [0.25, 0.3) is 0 Å². The lowest BCUT2D eigenvalue weighted by Crippen LogP contribution is -2.32.